The van der Waals surface area contributed by atoms with E-state index in [4.69, 9.17) is 4.74 Å². The highest BCUT2D eigenvalue weighted by Gasteiger charge is 2.27. The van der Waals surface area contributed by atoms with Crippen molar-refractivity contribution in [3.63, 3.8) is 0 Å². The van der Waals surface area contributed by atoms with Gasteiger partial charge in [-0.2, -0.15) is 0 Å². The number of ether oxygens (including phenoxy) is 1. The number of phenols is 1. The maximum absolute atomic E-state index is 12.4. The van der Waals surface area contributed by atoms with Crippen molar-refractivity contribution in [3.05, 3.63) is 35.7 Å². The zero-order valence-electron chi connectivity index (χ0n) is 14.7. The van der Waals surface area contributed by atoms with Gasteiger partial charge in [-0.15, -0.1) is 0 Å². The van der Waals surface area contributed by atoms with E-state index in [-0.39, 0.29) is 16.6 Å². The molecule has 0 aliphatic carbocycles. The molecule has 1 N–H and O–H groups in total. The van der Waals surface area contributed by atoms with Crippen molar-refractivity contribution in [2.45, 2.75) is 58.8 Å². The van der Waals surface area contributed by atoms with Gasteiger partial charge in [0.05, 0.1) is 6.61 Å². The number of hydrogen-bond donors (Lipinski definition) is 1. The fourth-order valence-electron chi connectivity index (χ4n) is 2.35. The molecule has 0 atom stereocenters. The molecule has 1 aromatic carbocycles. The third-order valence-electron chi connectivity index (χ3n) is 3.67. The number of carbonyl (C=O) groups is 1. The van der Waals surface area contributed by atoms with Gasteiger partial charge >= 0.3 is 0 Å². The Bertz CT molecular complexity index is 496. The summed E-state index contributed by atoms with van der Waals surface area (Å²) in [5.41, 5.74) is 1.79. The molecule has 1 rings (SSSR count). The molecular weight excluding hydrogens is 276 g/mol. The van der Waals surface area contributed by atoms with Crippen LogP contribution in [0.25, 0.3) is 0 Å². The first-order valence-electron chi connectivity index (χ1n) is 7.76. The predicted octanol–water partition coefficient (Wildman–Crippen LogP) is 4.41. The van der Waals surface area contributed by atoms with E-state index in [0.717, 1.165) is 11.1 Å². The molecule has 0 aliphatic heterocycles. The van der Waals surface area contributed by atoms with Crippen molar-refractivity contribution < 1.29 is 14.6 Å². The lowest BCUT2D eigenvalue weighted by Crippen LogP contribution is -2.19. The minimum Gasteiger partial charge on any atom is -0.507 e. The number of Topliss-reactive ketones (excluding diaryl/α,β-unsaturated/α-hetero) is 1. The van der Waals surface area contributed by atoms with Crippen LogP contribution in [0.3, 0.4) is 0 Å². The summed E-state index contributed by atoms with van der Waals surface area (Å²) < 4.78 is 5.16. The quantitative estimate of drug-likeness (QED) is 0.647. The summed E-state index contributed by atoms with van der Waals surface area (Å²) in [7, 11) is 0. The van der Waals surface area contributed by atoms with Crippen molar-refractivity contribution >= 4 is 5.78 Å². The molecular formula is C19H29O3. The zero-order chi connectivity index (χ0) is 17.1. The second kappa shape index (κ2) is 6.82. The van der Waals surface area contributed by atoms with E-state index in [1.165, 1.54) is 0 Å². The van der Waals surface area contributed by atoms with E-state index >= 15 is 0 Å². The van der Waals surface area contributed by atoms with Crippen molar-refractivity contribution in [1.82, 2.24) is 0 Å². The van der Waals surface area contributed by atoms with Crippen LogP contribution in [-0.2, 0) is 15.6 Å². The summed E-state index contributed by atoms with van der Waals surface area (Å²) in [6.07, 6.45) is 0.327. The minimum atomic E-state index is -0.232. The number of ketones is 1. The molecule has 3 heteroatoms. The first-order chi connectivity index (χ1) is 9.98. The molecule has 0 aliphatic rings. The van der Waals surface area contributed by atoms with Gasteiger partial charge in [0.25, 0.3) is 0 Å². The van der Waals surface area contributed by atoms with Crippen LogP contribution in [0.4, 0.5) is 0 Å². The Morgan fingerprint density at radius 1 is 1.09 bits per heavy atom. The van der Waals surface area contributed by atoms with E-state index in [2.05, 4.69) is 6.92 Å². The standard InChI is InChI=1S/C19H29O3/c1-8-22-10-9-16(20)13-11-14(18(2,3)4)17(21)15(12-13)19(5,6)7/h11-12,21H,1,8-10H2,2-7H3. The van der Waals surface area contributed by atoms with E-state index in [9.17, 15) is 9.90 Å². The van der Waals surface area contributed by atoms with Crippen LogP contribution in [-0.4, -0.2) is 24.1 Å². The highest BCUT2D eigenvalue weighted by molar-refractivity contribution is 5.97. The lowest BCUT2D eigenvalue weighted by molar-refractivity contribution is 0.0908. The van der Waals surface area contributed by atoms with Crippen LogP contribution >= 0.6 is 0 Å². The molecule has 0 aromatic heterocycles. The van der Waals surface area contributed by atoms with E-state index < -0.39 is 0 Å². The Morgan fingerprint density at radius 3 is 1.91 bits per heavy atom. The summed E-state index contributed by atoms with van der Waals surface area (Å²) in [5.74, 6) is 0.329. The molecule has 0 unspecified atom stereocenters. The molecule has 123 valence electrons. The smallest absolute Gasteiger partial charge is 0.165 e. The summed E-state index contributed by atoms with van der Waals surface area (Å²) in [5, 5.41) is 10.6. The fraction of sp³-hybridized carbons (Fsp3) is 0.579. The summed E-state index contributed by atoms with van der Waals surface area (Å²) >= 11 is 0. The van der Waals surface area contributed by atoms with Gasteiger partial charge in [0.15, 0.2) is 5.78 Å². The van der Waals surface area contributed by atoms with Gasteiger partial charge in [0.1, 0.15) is 5.75 Å². The van der Waals surface area contributed by atoms with Crippen LogP contribution in [0.1, 0.15) is 69.4 Å². The maximum atomic E-state index is 12.4. The predicted molar refractivity (Wildman–Crippen MR) is 90.6 cm³/mol. The van der Waals surface area contributed by atoms with Crippen LogP contribution < -0.4 is 0 Å². The average Bonchev–Trinajstić information content (AvgIpc) is 2.36. The van der Waals surface area contributed by atoms with Gasteiger partial charge < -0.3 is 9.84 Å². The molecule has 0 saturated heterocycles. The molecule has 0 saturated carbocycles. The second-order valence-corrected chi connectivity index (χ2v) is 7.71. The molecule has 0 heterocycles. The van der Waals surface area contributed by atoms with E-state index in [0.29, 0.717) is 30.9 Å². The van der Waals surface area contributed by atoms with Crippen LogP contribution in [0, 0.1) is 6.92 Å². The number of aromatic hydroxyl groups is 1. The minimum absolute atomic E-state index is 0.0319. The topological polar surface area (TPSA) is 46.5 Å². The Balaban J connectivity index is 3.32. The molecule has 0 bridgehead atoms. The van der Waals surface area contributed by atoms with Crippen molar-refractivity contribution in [1.29, 1.82) is 0 Å². The van der Waals surface area contributed by atoms with Gasteiger partial charge in [-0.05, 0) is 29.9 Å². The third kappa shape index (κ3) is 4.57. The van der Waals surface area contributed by atoms with E-state index in [1.807, 2.05) is 53.7 Å². The normalized spacial score (nSPS) is 12.5. The first kappa shape index (κ1) is 18.7. The molecule has 1 aromatic rings. The number of carbonyl (C=O) groups excluding carboxylic acids is 1. The monoisotopic (exact) mass is 305 g/mol. The van der Waals surface area contributed by atoms with Crippen molar-refractivity contribution in [2.24, 2.45) is 0 Å². The Hall–Kier alpha value is -1.35. The van der Waals surface area contributed by atoms with Crippen LogP contribution in [0.5, 0.6) is 5.75 Å². The SMILES string of the molecule is [CH2]COCCC(=O)c1cc(C(C)(C)C)c(O)c(C(C)(C)C)c1. The maximum Gasteiger partial charge on any atom is 0.165 e. The largest absolute Gasteiger partial charge is 0.507 e. The zero-order valence-corrected chi connectivity index (χ0v) is 14.7. The number of hydrogen-bond acceptors (Lipinski definition) is 3. The number of benzene rings is 1. The first-order valence-corrected chi connectivity index (χ1v) is 7.76. The molecule has 0 amide bonds. The highest BCUT2D eigenvalue weighted by Crippen LogP contribution is 2.39. The molecule has 0 fully saturated rings. The Morgan fingerprint density at radius 2 is 1.55 bits per heavy atom. The molecule has 22 heavy (non-hydrogen) atoms. The summed E-state index contributed by atoms with van der Waals surface area (Å²) in [6, 6.07) is 3.63. The number of rotatable bonds is 5. The van der Waals surface area contributed by atoms with E-state index in [1.54, 1.807) is 0 Å². The molecule has 0 spiro atoms. The summed E-state index contributed by atoms with van der Waals surface area (Å²) in [4.78, 5) is 12.4. The van der Waals surface area contributed by atoms with Gasteiger partial charge in [-0.25, -0.2) is 0 Å². The average molecular weight is 305 g/mol. The van der Waals surface area contributed by atoms with Crippen LogP contribution in [0.15, 0.2) is 12.1 Å². The lowest BCUT2D eigenvalue weighted by atomic mass is 9.78. The Kier molecular flexibility index (Phi) is 5.80. The van der Waals surface area contributed by atoms with Crippen molar-refractivity contribution in [3.8, 4) is 5.75 Å². The third-order valence-corrected chi connectivity index (χ3v) is 3.67. The fourth-order valence-corrected chi connectivity index (χ4v) is 2.35. The van der Waals surface area contributed by atoms with Gasteiger partial charge in [-0.1, -0.05) is 41.5 Å². The van der Waals surface area contributed by atoms with Crippen LogP contribution in [0.2, 0.25) is 0 Å². The summed E-state index contributed by atoms with van der Waals surface area (Å²) in [6.45, 7) is 16.5. The molecule has 3 nitrogen and oxygen atoms in total. The van der Waals surface area contributed by atoms with Gasteiger partial charge in [-0.3, -0.25) is 4.79 Å². The van der Waals surface area contributed by atoms with Gasteiger partial charge in [0.2, 0.25) is 0 Å². The van der Waals surface area contributed by atoms with Crippen molar-refractivity contribution in [2.75, 3.05) is 13.2 Å². The number of phenolic OH excluding ortho intramolecular Hbond substituents is 1. The molecule has 1 radical (unpaired) electrons. The lowest BCUT2D eigenvalue weighted by Gasteiger charge is -2.28. The van der Waals surface area contributed by atoms with Gasteiger partial charge in [0, 0.05) is 29.7 Å². The Labute approximate surface area is 134 Å². The second-order valence-electron chi connectivity index (χ2n) is 7.71. The highest BCUT2D eigenvalue weighted by atomic mass is 16.5.